The van der Waals surface area contributed by atoms with Gasteiger partial charge in [-0.15, -0.1) is 11.8 Å². The third-order valence-electron chi connectivity index (χ3n) is 2.80. The minimum atomic E-state index is 0.513. The number of rotatable bonds is 0. The molecule has 0 saturated heterocycles. The molecule has 0 spiro atoms. The monoisotopic (exact) mass is 212 g/mol. The summed E-state index contributed by atoms with van der Waals surface area (Å²) < 4.78 is 0. The minimum absolute atomic E-state index is 0.513. The van der Waals surface area contributed by atoms with E-state index < -0.39 is 0 Å². The van der Waals surface area contributed by atoms with E-state index in [1.165, 1.54) is 16.0 Å². The summed E-state index contributed by atoms with van der Waals surface area (Å²) in [5.74, 6) is 0. The van der Waals surface area contributed by atoms with Gasteiger partial charge in [-0.1, -0.05) is 48.6 Å². The molecule has 0 saturated carbocycles. The van der Waals surface area contributed by atoms with Gasteiger partial charge in [-0.25, -0.2) is 0 Å². The molecule has 0 N–H and O–H groups in total. The van der Waals surface area contributed by atoms with E-state index in [9.17, 15) is 0 Å². The molecule has 0 nitrogen and oxygen atoms in total. The molecule has 0 fully saturated rings. The first-order valence-corrected chi connectivity index (χ1v) is 6.11. The number of hydrogen-bond donors (Lipinski definition) is 0. The van der Waals surface area contributed by atoms with Gasteiger partial charge in [0.25, 0.3) is 0 Å². The van der Waals surface area contributed by atoms with Crippen molar-refractivity contribution in [3.63, 3.8) is 0 Å². The molecule has 0 bridgehead atoms. The number of hydrogen-bond acceptors (Lipinski definition) is 1. The number of allylic oxidation sites excluding steroid dienone is 4. The Morgan fingerprint density at radius 2 is 2.07 bits per heavy atom. The summed E-state index contributed by atoms with van der Waals surface area (Å²) >= 11 is 1.96. The van der Waals surface area contributed by atoms with Crippen LogP contribution in [0, 0.1) is 0 Å². The summed E-state index contributed by atoms with van der Waals surface area (Å²) in [5, 5.41) is 0.513. The average Bonchev–Trinajstić information content (AvgIpc) is 2.48. The first-order chi connectivity index (χ1) is 7.43. The highest BCUT2D eigenvalue weighted by Crippen LogP contribution is 2.36. The van der Waals surface area contributed by atoms with Crippen LogP contribution in [0.4, 0.5) is 0 Å². The second-order valence-corrected chi connectivity index (χ2v) is 4.98. The summed E-state index contributed by atoms with van der Waals surface area (Å²) in [4.78, 5) is 1.42. The van der Waals surface area contributed by atoms with Crippen LogP contribution in [-0.2, 0) is 6.42 Å². The van der Waals surface area contributed by atoms with Crippen LogP contribution in [0.5, 0.6) is 0 Å². The summed E-state index contributed by atoms with van der Waals surface area (Å²) in [6.07, 6.45) is 12.2. The molecule has 2 aliphatic rings. The smallest absolute Gasteiger partial charge is 0.0524 e. The Hall–Kier alpha value is -1.21. The lowest BCUT2D eigenvalue weighted by molar-refractivity contribution is 1.17. The molecule has 0 radical (unpaired) electrons. The molecule has 1 aromatic rings. The second kappa shape index (κ2) is 3.74. The molecule has 1 aliphatic heterocycles. The summed E-state index contributed by atoms with van der Waals surface area (Å²) in [5.41, 5.74) is 2.89. The molecule has 15 heavy (non-hydrogen) atoms. The van der Waals surface area contributed by atoms with Crippen molar-refractivity contribution in [2.75, 3.05) is 0 Å². The summed E-state index contributed by atoms with van der Waals surface area (Å²) in [6.45, 7) is 0. The zero-order valence-corrected chi connectivity index (χ0v) is 9.21. The Labute approximate surface area is 94.4 Å². The normalized spacial score (nSPS) is 22.7. The van der Waals surface area contributed by atoms with Crippen LogP contribution in [-0.4, -0.2) is 5.25 Å². The molecule has 74 valence electrons. The number of thioether (sulfide) groups is 1. The van der Waals surface area contributed by atoms with Gasteiger partial charge in [0.2, 0.25) is 0 Å². The number of fused-ring (bicyclic) bond motifs is 2. The van der Waals surface area contributed by atoms with Gasteiger partial charge in [-0.2, -0.15) is 0 Å². The Bertz CT molecular complexity index is 466. The lowest BCUT2D eigenvalue weighted by Crippen LogP contribution is -2.02. The highest BCUT2D eigenvalue weighted by Gasteiger charge is 2.17. The molecule has 1 unspecified atom stereocenters. The molecule has 0 aromatic heterocycles. The Morgan fingerprint density at radius 1 is 1.13 bits per heavy atom. The van der Waals surface area contributed by atoms with Gasteiger partial charge < -0.3 is 0 Å². The number of benzene rings is 1. The van der Waals surface area contributed by atoms with Crippen LogP contribution in [0.15, 0.2) is 65.1 Å². The predicted molar refractivity (Wildman–Crippen MR) is 66.2 cm³/mol. The van der Waals surface area contributed by atoms with E-state index in [1.54, 1.807) is 0 Å². The molecular weight excluding hydrogens is 200 g/mol. The minimum Gasteiger partial charge on any atom is -0.113 e. The third-order valence-corrected chi connectivity index (χ3v) is 4.13. The lowest BCUT2D eigenvalue weighted by Gasteiger charge is -2.14. The molecule has 0 amide bonds. The average molecular weight is 212 g/mol. The van der Waals surface area contributed by atoms with Gasteiger partial charge in [-0.05, 0) is 23.6 Å². The molecule has 1 heteroatoms. The van der Waals surface area contributed by atoms with E-state index in [4.69, 9.17) is 0 Å². The maximum atomic E-state index is 2.35. The van der Waals surface area contributed by atoms with Gasteiger partial charge in [0, 0.05) is 4.90 Å². The van der Waals surface area contributed by atoms with Gasteiger partial charge >= 0.3 is 0 Å². The Balaban J connectivity index is 2.03. The summed E-state index contributed by atoms with van der Waals surface area (Å²) in [7, 11) is 0. The first kappa shape index (κ1) is 9.05. The van der Waals surface area contributed by atoms with Gasteiger partial charge in [-0.3, -0.25) is 0 Å². The van der Waals surface area contributed by atoms with E-state index in [1.807, 2.05) is 11.8 Å². The van der Waals surface area contributed by atoms with Crippen LogP contribution in [0.1, 0.15) is 5.56 Å². The highest BCUT2D eigenvalue weighted by molar-refractivity contribution is 8.00. The van der Waals surface area contributed by atoms with Crippen molar-refractivity contribution in [3.8, 4) is 0 Å². The van der Waals surface area contributed by atoms with Crippen LogP contribution in [0.3, 0.4) is 0 Å². The van der Waals surface area contributed by atoms with E-state index in [2.05, 4.69) is 54.6 Å². The quantitative estimate of drug-likeness (QED) is 0.631. The highest BCUT2D eigenvalue weighted by atomic mass is 32.2. The largest absolute Gasteiger partial charge is 0.113 e. The molecule has 1 aliphatic carbocycles. The summed E-state index contributed by atoms with van der Waals surface area (Å²) in [6, 6.07) is 8.70. The zero-order chi connectivity index (χ0) is 10.1. The van der Waals surface area contributed by atoms with Gasteiger partial charge in [0.15, 0.2) is 0 Å². The van der Waals surface area contributed by atoms with Crippen molar-refractivity contribution in [1.82, 2.24) is 0 Å². The van der Waals surface area contributed by atoms with E-state index in [0.717, 1.165) is 6.42 Å². The van der Waals surface area contributed by atoms with Gasteiger partial charge in [0.05, 0.1) is 5.25 Å². The fourth-order valence-corrected chi connectivity index (χ4v) is 3.19. The fourth-order valence-electron chi connectivity index (χ4n) is 1.98. The zero-order valence-electron chi connectivity index (χ0n) is 8.39. The fraction of sp³-hybridized carbons (Fsp3) is 0.143. The van der Waals surface area contributed by atoms with Crippen LogP contribution in [0.25, 0.3) is 0 Å². The van der Waals surface area contributed by atoms with Crippen molar-refractivity contribution in [2.24, 2.45) is 0 Å². The molecule has 1 aromatic carbocycles. The van der Waals surface area contributed by atoms with Crippen molar-refractivity contribution in [2.45, 2.75) is 16.6 Å². The van der Waals surface area contributed by atoms with E-state index >= 15 is 0 Å². The lowest BCUT2D eigenvalue weighted by atomic mass is 10.0. The maximum Gasteiger partial charge on any atom is 0.0524 e. The SMILES string of the molecule is C1=CC2=CCc3ccccc3SC2C=C1. The van der Waals surface area contributed by atoms with Crippen molar-refractivity contribution >= 4 is 11.8 Å². The molecule has 1 heterocycles. The predicted octanol–water partition coefficient (Wildman–Crippen LogP) is 3.76. The van der Waals surface area contributed by atoms with Crippen LogP contribution >= 0.6 is 11.8 Å². The Kier molecular flexibility index (Phi) is 2.26. The van der Waals surface area contributed by atoms with Crippen molar-refractivity contribution in [1.29, 1.82) is 0 Å². The van der Waals surface area contributed by atoms with E-state index in [-0.39, 0.29) is 0 Å². The maximum absolute atomic E-state index is 2.35. The standard InChI is InChI=1S/C14H12S/c1-3-7-13-11(5-1)9-10-12-6-2-4-8-14(12)15-13/h1-9,13H,10H2. The molecular formula is C14H12S. The van der Waals surface area contributed by atoms with Crippen molar-refractivity contribution < 1.29 is 0 Å². The third kappa shape index (κ3) is 1.68. The van der Waals surface area contributed by atoms with Gasteiger partial charge in [0.1, 0.15) is 0 Å². The molecule has 1 atom stereocenters. The topological polar surface area (TPSA) is 0 Å². The Morgan fingerprint density at radius 3 is 3.07 bits per heavy atom. The van der Waals surface area contributed by atoms with Crippen molar-refractivity contribution in [3.05, 3.63) is 65.8 Å². The molecule has 3 rings (SSSR count). The first-order valence-electron chi connectivity index (χ1n) is 5.23. The van der Waals surface area contributed by atoms with Crippen LogP contribution in [0.2, 0.25) is 0 Å². The van der Waals surface area contributed by atoms with E-state index in [0.29, 0.717) is 5.25 Å². The van der Waals surface area contributed by atoms with Crippen LogP contribution < -0.4 is 0 Å². The second-order valence-electron chi connectivity index (χ2n) is 3.80.